The van der Waals surface area contributed by atoms with Gasteiger partial charge in [-0.15, -0.1) is 0 Å². The molecule has 31 heavy (non-hydrogen) atoms. The van der Waals surface area contributed by atoms with Crippen LogP contribution in [0, 0.1) is 6.92 Å². The Kier molecular flexibility index (Phi) is 4.50. The topological polar surface area (TPSA) is 71.3 Å². The fourth-order valence-electron chi connectivity index (χ4n) is 4.56. The molecule has 0 N–H and O–H groups in total. The van der Waals surface area contributed by atoms with E-state index >= 15 is 0 Å². The summed E-state index contributed by atoms with van der Waals surface area (Å²) in [4.78, 5) is 26.2. The van der Waals surface area contributed by atoms with Crippen LogP contribution in [-0.2, 0) is 25.4 Å². The molecule has 1 aromatic carbocycles. The maximum atomic E-state index is 13.4. The molecule has 0 unspecified atom stereocenters. The van der Waals surface area contributed by atoms with Crippen LogP contribution in [-0.4, -0.2) is 19.8 Å². The maximum Gasteiger partial charge on any atom is 0.331 e. The van der Waals surface area contributed by atoms with Gasteiger partial charge in [-0.3, -0.25) is 13.9 Å². The lowest BCUT2D eigenvalue weighted by Gasteiger charge is -2.30. The predicted molar refractivity (Wildman–Crippen MR) is 119 cm³/mol. The van der Waals surface area contributed by atoms with Crippen molar-refractivity contribution in [1.29, 1.82) is 0 Å². The lowest BCUT2D eigenvalue weighted by molar-refractivity contribution is -0.0239. The first-order valence-electron chi connectivity index (χ1n) is 10.1. The summed E-state index contributed by atoms with van der Waals surface area (Å²) < 4.78 is 16.7. The Morgan fingerprint density at radius 2 is 1.87 bits per heavy atom. The number of aromatic nitrogens is 3. The highest BCUT2D eigenvalue weighted by Gasteiger charge is 2.36. The van der Waals surface area contributed by atoms with Crippen molar-refractivity contribution in [2.75, 3.05) is 0 Å². The van der Waals surface area contributed by atoms with E-state index in [1.54, 1.807) is 19.2 Å². The van der Waals surface area contributed by atoms with Crippen LogP contribution < -0.4 is 11.2 Å². The van der Waals surface area contributed by atoms with E-state index in [1.165, 1.54) is 11.6 Å². The third kappa shape index (κ3) is 2.91. The van der Waals surface area contributed by atoms with E-state index in [1.807, 2.05) is 38.1 Å². The molecule has 0 fully saturated rings. The van der Waals surface area contributed by atoms with Gasteiger partial charge in [0.05, 0.1) is 28.4 Å². The molecule has 1 aliphatic heterocycles. The zero-order valence-electron chi connectivity index (χ0n) is 17.7. The maximum absolute atomic E-state index is 13.4. The van der Waals surface area contributed by atoms with E-state index in [4.69, 9.17) is 20.8 Å². The molecule has 3 aromatic heterocycles. The Bertz CT molecular complexity index is 1460. The van der Waals surface area contributed by atoms with Gasteiger partial charge in [-0.1, -0.05) is 23.8 Å². The summed E-state index contributed by atoms with van der Waals surface area (Å²) in [5.74, 6) is 0.529. The number of hydrogen-bond acceptors (Lipinski definition) is 4. The van der Waals surface area contributed by atoms with Crippen LogP contribution in [0.2, 0.25) is 5.22 Å². The zero-order chi connectivity index (χ0) is 22.0. The number of halogens is 1. The highest BCUT2D eigenvalue weighted by Crippen LogP contribution is 2.42. The molecule has 2 atom stereocenters. The molecule has 4 aromatic rings. The fourth-order valence-corrected chi connectivity index (χ4v) is 4.71. The summed E-state index contributed by atoms with van der Waals surface area (Å²) in [5, 5.41) is 0.744. The predicted octanol–water partition coefficient (Wildman–Crippen LogP) is 3.77. The highest BCUT2D eigenvalue weighted by atomic mass is 35.5. The van der Waals surface area contributed by atoms with Crippen molar-refractivity contribution in [2.24, 2.45) is 14.1 Å². The molecular weight excluding hydrogens is 418 g/mol. The van der Waals surface area contributed by atoms with Crippen molar-refractivity contribution < 1.29 is 9.15 Å². The third-order valence-electron chi connectivity index (χ3n) is 5.91. The van der Waals surface area contributed by atoms with Gasteiger partial charge in [-0.05, 0) is 49.2 Å². The van der Waals surface area contributed by atoms with Crippen molar-refractivity contribution in [2.45, 2.75) is 32.6 Å². The highest BCUT2D eigenvalue weighted by molar-refractivity contribution is 6.28. The molecule has 0 aliphatic carbocycles. The number of nitrogens with zero attached hydrogens (tertiary/aromatic N) is 3. The van der Waals surface area contributed by atoms with Gasteiger partial charge < -0.3 is 13.7 Å². The Labute approximate surface area is 183 Å². The van der Waals surface area contributed by atoms with Crippen LogP contribution >= 0.6 is 11.6 Å². The molecule has 8 heteroatoms. The number of ether oxygens (including phenoxy) is 1. The molecule has 4 heterocycles. The van der Waals surface area contributed by atoms with Crippen LogP contribution in [0.1, 0.15) is 30.0 Å². The summed E-state index contributed by atoms with van der Waals surface area (Å²) in [6.07, 6.45) is -0.748. The van der Waals surface area contributed by atoms with Gasteiger partial charge in [0.2, 0.25) is 0 Å². The molecule has 0 spiro atoms. The van der Waals surface area contributed by atoms with Crippen LogP contribution in [0.25, 0.3) is 22.2 Å². The Morgan fingerprint density at radius 1 is 1.10 bits per heavy atom. The number of benzene rings is 1. The van der Waals surface area contributed by atoms with Crippen molar-refractivity contribution in [3.8, 4) is 11.3 Å². The minimum Gasteiger partial charge on any atom is -0.446 e. The number of fused-ring (bicyclic) bond motifs is 3. The van der Waals surface area contributed by atoms with E-state index in [0.29, 0.717) is 28.9 Å². The lowest BCUT2D eigenvalue weighted by Crippen LogP contribution is -2.37. The molecule has 0 amide bonds. The molecule has 0 saturated carbocycles. The van der Waals surface area contributed by atoms with Crippen molar-refractivity contribution in [3.05, 3.63) is 79.5 Å². The van der Waals surface area contributed by atoms with Gasteiger partial charge in [0.15, 0.2) is 11.3 Å². The SMILES string of the molecule is Cc1cccc(-c2c3c(=O)n(C)c(=O)n(C)c3c3n2C[C@H](C)O[C@@H]3c2ccc(Cl)o2)c1. The number of furan rings is 1. The third-order valence-corrected chi connectivity index (χ3v) is 6.11. The van der Waals surface area contributed by atoms with Crippen molar-refractivity contribution in [1.82, 2.24) is 13.7 Å². The van der Waals surface area contributed by atoms with Gasteiger partial charge in [0.1, 0.15) is 5.76 Å². The minimum absolute atomic E-state index is 0.146. The smallest absolute Gasteiger partial charge is 0.331 e. The van der Waals surface area contributed by atoms with Crippen LogP contribution in [0.15, 0.2) is 50.4 Å². The average molecular weight is 440 g/mol. The van der Waals surface area contributed by atoms with E-state index in [-0.39, 0.29) is 16.9 Å². The standard InChI is InChI=1S/C23H22ClN3O4/c1-12-6-5-7-14(10-12)18-17-19(25(3)23(29)26(4)22(17)28)20-21(15-8-9-16(24)31-15)30-13(2)11-27(18)20/h5-10,13,21H,11H2,1-4H3/t13-,21+/m0/s1. The summed E-state index contributed by atoms with van der Waals surface area (Å²) >= 11 is 6.04. The molecule has 160 valence electrons. The van der Waals surface area contributed by atoms with Gasteiger partial charge >= 0.3 is 5.69 Å². The molecular formula is C23H22ClN3O4. The zero-order valence-corrected chi connectivity index (χ0v) is 18.4. The van der Waals surface area contributed by atoms with Crippen LogP contribution in [0.4, 0.5) is 0 Å². The molecule has 5 rings (SSSR count). The van der Waals surface area contributed by atoms with E-state index in [9.17, 15) is 9.59 Å². The number of aryl methyl sites for hydroxylation is 2. The van der Waals surface area contributed by atoms with Gasteiger partial charge in [-0.25, -0.2) is 4.79 Å². The summed E-state index contributed by atoms with van der Waals surface area (Å²) in [5.41, 5.74) is 3.32. The Morgan fingerprint density at radius 3 is 2.55 bits per heavy atom. The van der Waals surface area contributed by atoms with E-state index in [2.05, 4.69) is 4.57 Å². The second-order valence-electron chi connectivity index (χ2n) is 8.11. The first-order chi connectivity index (χ1) is 14.8. The van der Waals surface area contributed by atoms with Gasteiger partial charge in [0.25, 0.3) is 5.56 Å². The fraction of sp³-hybridized carbons (Fsp3) is 0.304. The van der Waals surface area contributed by atoms with Crippen molar-refractivity contribution in [3.63, 3.8) is 0 Å². The Balaban J connectivity index is 1.98. The minimum atomic E-state index is -0.602. The second kappa shape index (κ2) is 7.00. The lowest BCUT2D eigenvalue weighted by atomic mass is 10.1. The van der Waals surface area contributed by atoms with Gasteiger partial charge in [0, 0.05) is 20.6 Å². The van der Waals surface area contributed by atoms with Crippen LogP contribution in [0.3, 0.4) is 0 Å². The molecule has 1 aliphatic rings. The van der Waals surface area contributed by atoms with Crippen LogP contribution in [0.5, 0.6) is 0 Å². The first kappa shape index (κ1) is 19.9. The first-order valence-corrected chi connectivity index (χ1v) is 10.5. The number of rotatable bonds is 2. The normalized spacial score (nSPS) is 18.5. The second-order valence-corrected chi connectivity index (χ2v) is 8.48. The molecule has 0 saturated heterocycles. The Hall–Kier alpha value is -3.03. The average Bonchev–Trinajstić information content (AvgIpc) is 3.31. The number of hydrogen-bond donors (Lipinski definition) is 0. The monoisotopic (exact) mass is 439 g/mol. The van der Waals surface area contributed by atoms with Crippen molar-refractivity contribution >= 4 is 22.5 Å². The van der Waals surface area contributed by atoms with E-state index in [0.717, 1.165) is 21.4 Å². The molecule has 0 radical (unpaired) electrons. The largest absolute Gasteiger partial charge is 0.446 e. The van der Waals surface area contributed by atoms with E-state index < -0.39 is 11.8 Å². The summed E-state index contributed by atoms with van der Waals surface area (Å²) in [6, 6.07) is 11.4. The van der Waals surface area contributed by atoms with Gasteiger partial charge in [-0.2, -0.15) is 0 Å². The molecule has 0 bridgehead atoms. The summed E-state index contributed by atoms with van der Waals surface area (Å²) in [7, 11) is 3.18. The quantitative estimate of drug-likeness (QED) is 0.476. The molecule has 7 nitrogen and oxygen atoms in total. The summed E-state index contributed by atoms with van der Waals surface area (Å²) in [6.45, 7) is 4.52.